The van der Waals surface area contributed by atoms with Crippen LogP contribution < -0.4 is 5.32 Å². The fourth-order valence-corrected chi connectivity index (χ4v) is 3.74. The van der Waals surface area contributed by atoms with Gasteiger partial charge in [0.15, 0.2) is 5.96 Å². The summed E-state index contributed by atoms with van der Waals surface area (Å²) in [6.45, 7) is 8.14. The predicted octanol–water partition coefficient (Wildman–Crippen LogP) is 2.74. The molecule has 0 saturated carbocycles. The molecule has 1 aliphatic rings. The van der Waals surface area contributed by atoms with Gasteiger partial charge in [0, 0.05) is 44.3 Å². The summed E-state index contributed by atoms with van der Waals surface area (Å²) in [7, 11) is 3.58. The van der Waals surface area contributed by atoms with Crippen LogP contribution in [0.3, 0.4) is 0 Å². The fraction of sp³-hybridized carbons (Fsp3) is 0.588. The molecule has 0 amide bonds. The molecule has 0 radical (unpaired) electrons. The highest BCUT2D eigenvalue weighted by Crippen LogP contribution is 2.29. The van der Waals surface area contributed by atoms with Crippen LogP contribution in [-0.2, 0) is 17.9 Å². The van der Waals surface area contributed by atoms with Crippen molar-refractivity contribution in [2.45, 2.75) is 31.7 Å². The molecule has 0 aromatic heterocycles. The van der Waals surface area contributed by atoms with Crippen molar-refractivity contribution in [3.05, 3.63) is 35.4 Å². The molecule has 4 nitrogen and oxygen atoms in total. The van der Waals surface area contributed by atoms with E-state index in [-0.39, 0.29) is 4.75 Å². The molecule has 2 rings (SSSR count). The van der Waals surface area contributed by atoms with Crippen LogP contribution >= 0.6 is 11.8 Å². The highest BCUT2D eigenvalue weighted by Gasteiger charge is 2.28. The van der Waals surface area contributed by atoms with Crippen LogP contribution in [0.25, 0.3) is 0 Å². The standard InChI is InChI=1S/C17H27N3OS/c1-17(2)13-20(9-10-22-17)16(18-3)19-11-14-5-7-15(8-6-14)12-21-4/h5-8H,9-13H2,1-4H3,(H,18,19). The fourth-order valence-electron chi connectivity index (χ4n) is 2.63. The Bertz CT molecular complexity index is 499. The second-order valence-corrected chi connectivity index (χ2v) is 7.98. The van der Waals surface area contributed by atoms with Crippen LogP contribution in [0.1, 0.15) is 25.0 Å². The Morgan fingerprint density at radius 1 is 1.32 bits per heavy atom. The third-order valence-electron chi connectivity index (χ3n) is 3.72. The first-order valence-electron chi connectivity index (χ1n) is 7.70. The maximum atomic E-state index is 5.14. The minimum Gasteiger partial charge on any atom is -0.380 e. The molecule has 0 spiro atoms. The van der Waals surface area contributed by atoms with E-state index in [2.05, 4.69) is 53.3 Å². The second kappa shape index (κ2) is 7.88. The van der Waals surface area contributed by atoms with Gasteiger partial charge in [-0.15, -0.1) is 0 Å². The summed E-state index contributed by atoms with van der Waals surface area (Å²) in [6.07, 6.45) is 0. The van der Waals surface area contributed by atoms with Gasteiger partial charge in [0.25, 0.3) is 0 Å². The smallest absolute Gasteiger partial charge is 0.193 e. The van der Waals surface area contributed by atoms with Gasteiger partial charge < -0.3 is 15.0 Å². The van der Waals surface area contributed by atoms with Gasteiger partial charge in [-0.1, -0.05) is 24.3 Å². The number of nitrogens with zero attached hydrogens (tertiary/aromatic N) is 2. The molecule has 1 N–H and O–H groups in total. The zero-order chi connectivity index (χ0) is 16.0. The largest absolute Gasteiger partial charge is 0.380 e. The number of aliphatic imine (C=N–C) groups is 1. The molecule has 1 aliphatic heterocycles. The van der Waals surface area contributed by atoms with E-state index < -0.39 is 0 Å². The maximum absolute atomic E-state index is 5.14. The van der Waals surface area contributed by atoms with Crippen LogP contribution in [0.5, 0.6) is 0 Å². The molecule has 0 unspecified atom stereocenters. The number of thioether (sulfide) groups is 1. The summed E-state index contributed by atoms with van der Waals surface area (Å²) < 4.78 is 5.43. The van der Waals surface area contributed by atoms with E-state index in [9.17, 15) is 0 Å². The number of hydrogen-bond acceptors (Lipinski definition) is 3. The van der Waals surface area contributed by atoms with E-state index in [0.717, 1.165) is 31.3 Å². The van der Waals surface area contributed by atoms with Crippen molar-refractivity contribution in [1.82, 2.24) is 10.2 Å². The Kier molecular flexibility index (Phi) is 6.15. The molecule has 1 aromatic carbocycles. The third kappa shape index (κ3) is 4.92. The Balaban J connectivity index is 1.91. The molecule has 5 heteroatoms. The first kappa shape index (κ1) is 17.2. The molecular weight excluding hydrogens is 294 g/mol. The van der Waals surface area contributed by atoms with Crippen molar-refractivity contribution in [3.63, 3.8) is 0 Å². The zero-order valence-electron chi connectivity index (χ0n) is 14.1. The van der Waals surface area contributed by atoms with Crippen molar-refractivity contribution in [2.75, 3.05) is 33.0 Å². The summed E-state index contributed by atoms with van der Waals surface area (Å²) in [4.78, 5) is 6.80. The summed E-state index contributed by atoms with van der Waals surface area (Å²) >= 11 is 2.04. The molecule has 0 bridgehead atoms. The molecule has 22 heavy (non-hydrogen) atoms. The second-order valence-electron chi connectivity index (χ2n) is 6.18. The van der Waals surface area contributed by atoms with Gasteiger partial charge in [-0.3, -0.25) is 4.99 Å². The predicted molar refractivity (Wildman–Crippen MR) is 95.5 cm³/mol. The Morgan fingerprint density at radius 3 is 2.59 bits per heavy atom. The van der Waals surface area contributed by atoms with Crippen LogP contribution in [0.4, 0.5) is 0 Å². The summed E-state index contributed by atoms with van der Waals surface area (Å²) in [5, 5.41) is 3.48. The number of guanidine groups is 1. The minimum absolute atomic E-state index is 0.289. The van der Waals surface area contributed by atoms with Crippen LogP contribution in [-0.4, -0.2) is 48.6 Å². The molecule has 122 valence electrons. The van der Waals surface area contributed by atoms with Crippen LogP contribution in [0.2, 0.25) is 0 Å². The highest BCUT2D eigenvalue weighted by molar-refractivity contribution is 8.00. The first-order chi connectivity index (χ1) is 10.5. The lowest BCUT2D eigenvalue weighted by atomic mass is 10.1. The van der Waals surface area contributed by atoms with E-state index in [1.807, 2.05) is 18.8 Å². The highest BCUT2D eigenvalue weighted by atomic mass is 32.2. The summed E-state index contributed by atoms with van der Waals surface area (Å²) in [5.41, 5.74) is 2.46. The monoisotopic (exact) mass is 321 g/mol. The Labute approximate surface area is 138 Å². The van der Waals surface area contributed by atoms with Crippen molar-refractivity contribution in [2.24, 2.45) is 4.99 Å². The average Bonchev–Trinajstić information content (AvgIpc) is 2.49. The van der Waals surface area contributed by atoms with Gasteiger partial charge >= 0.3 is 0 Å². The maximum Gasteiger partial charge on any atom is 0.193 e. The average molecular weight is 321 g/mol. The number of nitrogens with one attached hydrogen (secondary N) is 1. The summed E-state index contributed by atoms with van der Waals surface area (Å²) in [5.74, 6) is 2.15. The van der Waals surface area contributed by atoms with Crippen LogP contribution in [0.15, 0.2) is 29.3 Å². The zero-order valence-corrected chi connectivity index (χ0v) is 14.9. The number of rotatable bonds is 4. The lowest BCUT2D eigenvalue weighted by Gasteiger charge is -2.39. The molecule has 1 fully saturated rings. The van der Waals surface area contributed by atoms with Gasteiger partial charge in [-0.05, 0) is 25.0 Å². The van der Waals surface area contributed by atoms with Crippen LogP contribution in [0, 0.1) is 0 Å². The van der Waals surface area contributed by atoms with E-state index in [1.165, 1.54) is 11.1 Å². The van der Waals surface area contributed by atoms with E-state index in [0.29, 0.717) is 6.61 Å². The molecular formula is C17H27N3OS. The van der Waals surface area contributed by atoms with Crippen molar-refractivity contribution in [1.29, 1.82) is 0 Å². The number of benzene rings is 1. The molecule has 0 atom stereocenters. The summed E-state index contributed by atoms with van der Waals surface area (Å²) in [6, 6.07) is 8.52. The normalized spacial score (nSPS) is 18.4. The number of hydrogen-bond donors (Lipinski definition) is 1. The quantitative estimate of drug-likeness (QED) is 0.683. The van der Waals surface area contributed by atoms with Crippen molar-refractivity contribution in [3.8, 4) is 0 Å². The van der Waals surface area contributed by atoms with Crippen molar-refractivity contribution >= 4 is 17.7 Å². The Hall–Kier alpha value is -1.20. The first-order valence-corrected chi connectivity index (χ1v) is 8.69. The van der Waals surface area contributed by atoms with E-state index in [1.54, 1.807) is 7.11 Å². The molecule has 1 aromatic rings. The van der Waals surface area contributed by atoms with E-state index in [4.69, 9.17) is 4.74 Å². The Morgan fingerprint density at radius 2 is 2.00 bits per heavy atom. The topological polar surface area (TPSA) is 36.9 Å². The van der Waals surface area contributed by atoms with Gasteiger partial charge in [0.2, 0.25) is 0 Å². The lowest BCUT2D eigenvalue weighted by Crippen LogP contribution is -2.50. The minimum atomic E-state index is 0.289. The SMILES string of the molecule is CN=C(NCc1ccc(COC)cc1)N1CCSC(C)(C)C1. The van der Waals surface area contributed by atoms with Crippen molar-refractivity contribution < 1.29 is 4.74 Å². The number of methoxy groups -OCH3 is 1. The van der Waals surface area contributed by atoms with Gasteiger partial charge in [-0.2, -0.15) is 11.8 Å². The number of ether oxygens (including phenoxy) is 1. The van der Waals surface area contributed by atoms with Gasteiger partial charge in [0.1, 0.15) is 0 Å². The van der Waals surface area contributed by atoms with E-state index >= 15 is 0 Å². The molecule has 1 heterocycles. The van der Waals surface area contributed by atoms with Gasteiger partial charge in [0.05, 0.1) is 6.61 Å². The third-order valence-corrected chi connectivity index (χ3v) is 5.02. The van der Waals surface area contributed by atoms with Gasteiger partial charge in [-0.25, -0.2) is 0 Å². The molecule has 1 saturated heterocycles. The lowest BCUT2D eigenvalue weighted by molar-refractivity contribution is 0.185. The molecule has 0 aliphatic carbocycles.